The number of amides is 1. The van der Waals surface area contributed by atoms with Crippen LogP contribution in [-0.2, 0) is 4.74 Å². The Morgan fingerprint density at radius 3 is 2.29 bits per heavy atom. The third-order valence-electron chi connectivity index (χ3n) is 4.89. The molecule has 156 valence electrons. The van der Waals surface area contributed by atoms with Crippen LogP contribution in [0.25, 0.3) is 16.8 Å². The lowest BCUT2D eigenvalue weighted by Crippen LogP contribution is -2.15. The van der Waals surface area contributed by atoms with Crippen molar-refractivity contribution in [3.8, 4) is 16.8 Å². The van der Waals surface area contributed by atoms with E-state index in [9.17, 15) is 9.59 Å². The largest absolute Gasteiger partial charge is 0.462 e. The van der Waals surface area contributed by atoms with Gasteiger partial charge in [0.1, 0.15) is 10.6 Å². The lowest BCUT2D eigenvalue weighted by molar-refractivity contribution is 0.0529. The molecule has 0 radical (unpaired) electrons. The second-order valence-electron chi connectivity index (χ2n) is 6.92. The van der Waals surface area contributed by atoms with Crippen molar-refractivity contribution in [2.24, 2.45) is 0 Å². The van der Waals surface area contributed by atoms with Gasteiger partial charge in [0.05, 0.1) is 6.61 Å². The first-order chi connectivity index (χ1) is 15.1. The topological polar surface area (TPSA) is 60.3 Å². The van der Waals surface area contributed by atoms with E-state index in [1.165, 1.54) is 11.3 Å². The Kier molecular flexibility index (Phi) is 6.00. The normalized spacial score (nSPS) is 10.6. The minimum absolute atomic E-state index is 0.260. The van der Waals surface area contributed by atoms with Crippen molar-refractivity contribution in [3.63, 3.8) is 0 Å². The van der Waals surface area contributed by atoms with E-state index >= 15 is 0 Å². The molecule has 2 heterocycles. The maximum Gasteiger partial charge on any atom is 0.341 e. The average molecular weight is 431 g/mol. The van der Waals surface area contributed by atoms with E-state index in [1.54, 1.807) is 19.1 Å². The van der Waals surface area contributed by atoms with Crippen LogP contribution in [0.15, 0.2) is 79.1 Å². The number of nitrogens with zero attached hydrogens (tertiary/aromatic N) is 1. The molecule has 2 aromatic heterocycles. The number of carbonyl (C=O) groups is 2. The summed E-state index contributed by atoms with van der Waals surface area (Å²) in [7, 11) is 0. The molecule has 1 amide bonds. The summed E-state index contributed by atoms with van der Waals surface area (Å²) >= 11 is 1.38. The van der Waals surface area contributed by atoms with Gasteiger partial charge >= 0.3 is 5.97 Å². The summed E-state index contributed by atoms with van der Waals surface area (Å²) < 4.78 is 7.27. The Balaban J connectivity index is 1.66. The minimum Gasteiger partial charge on any atom is -0.462 e. The Morgan fingerprint density at radius 2 is 1.65 bits per heavy atom. The molecule has 5 nitrogen and oxygen atoms in total. The van der Waals surface area contributed by atoms with E-state index in [1.807, 2.05) is 78.5 Å². The number of ether oxygens (including phenoxy) is 1. The summed E-state index contributed by atoms with van der Waals surface area (Å²) in [5.41, 5.74) is 3.58. The fourth-order valence-corrected chi connectivity index (χ4v) is 4.51. The van der Waals surface area contributed by atoms with Crippen LogP contribution in [-0.4, -0.2) is 23.1 Å². The number of thiophene rings is 1. The van der Waals surface area contributed by atoms with Gasteiger partial charge in [0.2, 0.25) is 0 Å². The van der Waals surface area contributed by atoms with Gasteiger partial charge in [0.15, 0.2) is 0 Å². The Morgan fingerprint density at radius 1 is 0.968 bits per heavy atom. The highest BCUT2D eigenvalue weighted by Gasteiger charge is 2.25. The molecule has 1 N–H and O–H groups in total. The maximum absolute atomic E-state index is 12.9. The zero-order valence-corrected chi connectivity index (χ0v) is 18.1. The molecule has 0 saturated carbocycles. The van der Waals surface area contributed by atoms with E-state index in [0.29, 0.717) is 16.1 Å². The predicted octanol–water partition coefficient (Wildman–Crippen LogP) is 5.94. The molecule has 0 saturated heterocycles. The van der Waals surface area contributed by atoms with Gasteiger partial charge in [-0.05, 0) is 55.8 Å². The van der Waals surface area contributed by atoms with Crippen molar-refractivity contribution < 1.29 is 14.3 Å². The number of nitrogens with one attached hydrogen (secondary N) is 1. The first-order valence-electron chi connectivity index (χ1n) is 9.99. The molecule has 0 aliphatic carbocycles. The van der Waals surface area contributed by atoms with E-state index < -0.39 is 5.97 Å². The average Bonchev–Trinajstić information content (AvgIpc) is 3.43. The van der Waals surface area contributed by atoms with Crippen LogP contribution in [0.1, 0.15) is 32.5 Å². The van der Waals surface area contributed by atoms with Gasteiger partial charge in [-0.1, -0.05) is 30.3 Å². The van der Waals surface area contributed by atoms with Crippen molar-refractivity contribution in [1.29, 1.82) is 0 Å². The van der Waals surface area contributed by atoms with Crippen LogP contribution in [0, 0.1) is 6.92 Å². The van der Waals surface area contributed by atoms with Crippen LogP contribution in [0.5, 0.6) is 0 Å². The number of aryl methyl sites for hydroxylation is 1. The molecule has 4 rings (SSSR count). The molecule has 0 fully saturated rings. The number of esters is 1. The predicted molar refractivity (Wildman–Crippen MR) is 124 cm³/mol. The van der Waals surface area contributed by atoms with Crippen LogP contribution in [0.3, 0.4) is 0 Å². The lowest BCUT2D eigenvalue weighted by atomic mass is 10.0. The number of rotatable bonds is 6. The van der Waals surface area contributed by atoms with E-state index in [0.717, 1.165) is 21.7 Å². The highest BCUT2D eigenvalue weighted by atomic mass is 32.1. The quantitative estimate of drug-likeness (QED) is 0.385. The molecule has 0 spiro atoms. The molecule has 0 unspecified atom stereocenters. The molecule has 4 aromatic rings. The number of hydrogen-bond acceptors (Lipinski definition) is 4. The first-order valence-corrected chi connectivity index (χ1v) is 10.8. The summed E-state index contributed by atoms with van der Waals surface area (Å²) in [6.45, 7) is 3.97. The number of benzene rings is 2. The number of anilines is 1. The third-order valence-corrected chi connectivity index (χ3v) is 5.91. The number of aromatic nitrogens is 1. The highest BCUT2D eigenvalue weighted by Crippen LogP contribution is 2.40. The summed E-state index contributed by atoms with van der Waals surface area (Å²) in [5, 5.41) is 3.42. The van der Waals surface area contributed by atoms with Crippen molar-refractivity contribution in [2.45, 2.75) is 13.8 Å². The van der Waals surface area contributed by atoms with Gasteiger partial charge in [-0.15, -0.1) is 11.3 Å². The Hall–Kier alpha value is -3.64. The van der Waals surface area contributed by atoms with E-state index in [4.69, 9.17) is 4.74 Å². The molecule has 0 bridgehead atoms. The van der Waals surface area contributed by atoms with Crippen LogP contribution >= 0.6 is 11.3 Å². The van der Waals surface area contributed by atoms with Crippen LogP contribution in [0.4, 0.5) is 5.00 Å². The summed E-state index contributed by atoms with van der Waals surface area (Å²) in [6.07, 6.45) is 3.89. The summed E-state index contributed by atoms with van der Waals surface area (Å²) in [5.74, 6) is -0.713. The van der Waals surface area contributed by atoms with Crippen molar-refractivity contribution in [2.75, 3.05) is 11.9 Å². The molecule has 31 heavy (non-hydrogen) atoms. The summed E-state index contributed by atoms with van der Waals surface area (Å²) in [4.78, 5) is 26.7. The van der Waals surface area contributed by atoms with Gasteiger partial charge in [-0.25, -0.2) is 4.79 Å². The second-order valence-corrected chi connectivity index (χ2v) is 8.14. The molecule has 0 atom stereocenters. The van der Waals surface area contributed by atoms with Crippen LogP contribution < -0.4 is 5.32 Å². The third kappa shape index (κ3) is 4.29. The van der Waals surface area contributed by atoms with Crippen molar-refractivity contribution in [1.82, 2.24) is 4.57 Å². The van der Waals surface area contributed by atoms with Crippen molar-refractivity contribution >= 4 is 28.2 Å². The molecule has 2 aromatic carbocycles. The number of carbonyl (C=O) groups excluding carboxylic acids is 2. The SMILES string of the molecule is CCOC(=O)c1c(NC(=O)c2ccc(-n3cccc3)cc2)sc(C)c1-c1ccccc1. The van der Waals surface area contributed by atoms with Crippen LogP contribution in [0.2, 0.25) is 0 Å². The highest BCUT2D eigenvalue weighted by molar-refractivity contribution is 7.17. The van der Waals surface area contributed by atoms with Gasteiger partial charge in [0.25, 0.3) is 5.91 Å². The monoisotopic (exact) mass is 430 g/mol. The Bertz CT molecular complexity index is 1190. The smallest absolute Gasteiger partial charge is 0.341 e. The lowest BCUT2D eigenvalue weighted by Gasteiger charge is -2.10. The van der Waals surface area contributed by atoms with Crippen molar-refractivity contribution in [3.05, 3.63) is 95.1 Å². The fourth-order valence-electron chi connectivity index (χ4n) is 3.45. The van der Waals surface area contributed by atoms with E-state index in [-0.39, 0.29) is 12.5 Å². The first kappa shape index (κ1) is 20.6. The zero-order chi connectivity index (χ0) is 21.8. The van der Waals surface area contributed by atoms with Gasteiger partial charge in [0, 0.05) is 34.1 Å². The summed E-state index contributed by atoms with van der Waals surface area (Å²) in [6, 6.07) is 20.9. The minimum atomic E-state index is -0.441. The molecule has 6 heteroatoms. The standard InChI is InChI=1S/C25H22N2O3S/c1-3-30-25(29)22-21(18-9-5-4-6-10-18)17(2)31-24(22)26-23(28)19-11-13-20(14-12-19)27-15-7-8-16-27/h4-16H,3H2,1-2H3,(H,26,28). The maximum atomic E-state index is 12.9. The molecular formula is C25H22N2O3S. The number of hydrogen-bond donors (Lipinski definition) is 1. The molecule has 0 aliphatic rings. The van der Waals surface area contributed by atoms with Gasteiger partial charge in [-0.3, -0.25) is 4.79 Å². The second kappa shape index (κ2) is 9.02. The molecule has 0 aliphatic heterocycles. The van der Waals surface area contributed by atoms with Gasteiger partial charge in [-0.2, -0.15) is 0 Å². The van der Waals surface area contributed by atoms with E-state index in [2.05, 4.69) is 5.32 Å². The zero-order valence-electron chi connectivity index (χ0n) is 17.3. The fraction of sp³-hybridized carbons (Fsp3) is 0.120. The van der Waals surface area contributed by atoms with Gasteiger partial charge < -0.3 is 14.6 Å². The Labute approximate surface area is 184 Å². The molecular weight excluding hydrogens is 408 g/mol.